The van der Waals surface area contributed by atoms with Gasteiger partial charge in [0, 0.05) is 19.3 Å². The number of nitrogen functional groups attached to an aromatic ring is 1. The lowest BCUT2D eigenvalue weighted by Gasteiger charge is -2.26. The molecule has 0 aromatic carbocycles. The summed E-state index contributed by atoms with van der Waals surface area (Å²) in [5, 5.41) is 0. The molecule has 1 saturated carbocycles. The molecule has 2 rings (SSSR count). The zero-order valence-corrected chi connectivity index (χ0v) is 10.4. The van der Waals surface area contributed by atoms with E-state index in [1.54, 1.807) is 6.20 Å². The Hall–Kier alpha value is -0.840. The van der Waals surface area contributed by atoms with Crippen LogP contribution in [0.5, 0.6) is 0 Å². The first kappa shape index (κ1) is 10.7. The van der Waals surface area contributed by atoms with E-state index in [1.807, 2.05) is 0 Å². The molecule has 0 spiro atoms. The summed E-state index contributed by atoms with van der Waals surface area (Å²) in [6, 6.07) is 0.593. The molecule has 0 saturated heterocycles. The van der Waals surface area contributed by atoms with Crippen LogP contribution in [0.1, 0.15) is 25.7 Å². The highest BCUT2D eigenvalue weighted by atomic mass is 79.9. The van der Waals surface area contributed by atoms with Crippen LogP contribution in [-0.2, 0) is 0 Å². The minimum absolute atomic E-state index is 0.332. The van der Waals surface area contributed by atoms with Gasteiger partial charge in [-0.3, -0.25) is 0 Å². The molecule has 1 aromatic heterocycles. The monoisotopic (exact) mass is 270 g/mol. The minimum atomic E-state index is 0.332. The van der Waals surface area contributed by atoms with Crippen LogP contribution in [0.2, 0.25) is 0 Å². The molecule has 0 amide bonds. The SMILES string of the molecule is CN(c1nc(N)ncc1Br)C1CCCC1. The zero-order chi connectivity index (χ0) is 10.8. The summed E-state index contributed by atoms with van der Waals surface area (Å²) >= 11 is 3.46. The fraction of sp³-hybridized carbons (Fsp3) is 0.600. The third kappa shape index (κ3) is 2.22. The molecule has 1 aliphatic carbocycles. The van der Waals surface area contributed by atoms with Gasteiger partial charge >= 0.3 is 0 Å². The van der Waals surface area contributed by atoms with Crippen molar-refractivity contribution in [2.75, 3.05) is 17.7 Å². The van der Waals surface area contributed by atoms with E-state index in [0.29, 0.717) is 12.0 Å². The number of aromatic nitrogens is 2. The second-order valence-electron chi connectivity index (χ2n) is 3.95. The zero-order valence-electron chi connectivity index (χ0n) is 8.78. The highest BCUT2D eigenvalue weighted by Crippen LogP contribution is 2.30. The predicted octanol–water partition coefficient (Wildman–Crippen LogP) is 2.20. The Morgan fingerprint density at radius 2 is 2.13 bits per heavy atom. The summed E-state index contributed by atoms with van der Waals surface area (Å²) in [6.07, 6.45) is 6.82. The van der Waals surface area contributed by atoms with Crippen LogP contribution in [-0.4, -0.2) is 23.1 Å². The Morgan fingerprint density at radius 1 is 1.47 bits per heavy atom. The first-order valence-electron chi connectivity index (χ1n) is 5.19. The fourth-order valence-corrected chi connectivity index (χ4v) is 2.55. The Balaban J connectivity index is 2.23. The average Bonchev–Trinajstić information content (AvgIpc) is 2.74. The van der Waals surface area contributed by atoms with Crippen LogP contribution >= 0.6 is 15.9 Å². The maximum atomic E-state index is 5.59. The third-order valence-electron chi connectivity index (χ3n) is 2.95. The highest BCUT2D eigenvalue weighted by molar-refractivity contribution is 9.10. The Morgan fingerprint density at radius 3 is 2.80 bits per heavy atom. The topological polar surface area (TPSA) is 55.0 Å². The van der Waals surface area contributed by atoms with Crippen molar-refractivity contribution >= 4 is 27.7 Å². The summed E-state index contributed by atoms with van der Waals surface area (Å²) in [4.78, 5) is 10.4. The summed E-state index contributed by atoms with van der Waals surface area (Å²) in [5.41, 5.74) is 5.59. The van der Waals surface area contributed by atoms with Gasteiger partial charge < -0.3 is 10.6 Å². The van der Waals surface area contributed by atoms with Crippen molar-refractivity contribution in [1.29, 1.82) is 0 Å². The van der Waals surface area contributed by atoms with Gasteiger partial charge in [0.05, 0.1) is 4.47 Å². The van der Waals surface area contributed by atoms with Gasteiger partial charge in [-0.2, -0.15) is 4.98 Å². The quantitative estimate of drug-likeness (QED) is 0.895. The van der Waals surface area contributed by atoms with Gasteiger partial charge in [-0.15, -0.1) is 0 Å². The molecule has 1 heterocycles. The van der Waals surface area contributed by atoms with Gasteiger partial charge in [0.2, 0.25) is 5.95 Å². The first-order chi connectivity index (χ1) is 7.18. The van der Waals surface area contributed by atoms with Crippen molar-refractivity contribution < 1.29 is 0 Å². The number of halogens is 1. The van der Waals surface area contributed by atoms with E-state index in [-0.39, 0.29) is 0 Å². The molecule has 1 aliphatic rings. The van der Waals surface area contributed by atoms with Gasteiger partial charge in [0.15, 0.2) is 0 Å². The lowest BCUT2D eigenvalue weighted by Crippen LogP contribution is -2.30. The second kappa shape index (κ2) is 4.35. The smallest absolute Gasteiger partial charge is 0.222 e. The highest BCUT2D eigenvalue weighted by Gasteiger charge is 2.22. The number of nitrogens with zero attached hydrogens (tertiary/aromatic N) is 3. The summed E-state index contributed by atoms with van der Waals surface area (Å²) in [6.45, 7) is 0. The number of anilines is 2. The normalized spacial score (nSPS) is 16.9. The van der Waals surface area contributed by atoms with E-state index in [4.69, 9.17) is 5.73 Å². The number of rotatable bonds is 2. The molecule has 0 aliphatic heterocycles. The third-order valence-corrected chi connectivity index (χ3v) is 3.51. The molecule has 82 valence electrons. The van der Waals surface area contributed by atoms with Gasteiger partial charge in [0.1, 0.15) is 5.82 Å². The Labute approximate surface area is 98.0 Å². The molecular weight excluding hydrogens is 256 g/mol. The lowest BCUT2D eigenvalue weighted by molar-refractivity contribution is 0.645. The van der Waals surface area contributed by atoms with Crippen LogP contribution in [0.25, 0.3) is 0 Å². The van der Waals surface area contributed by atoms with Crippen molar-refractivity contribution in [3.63, 3.8) is 0 Å². The van der Waals surface area contributed by atoms with E-state index in [0.717, 1.165) is 10.3 Å². The van der Waals surface area contributed by atoms with Crippen LogP contribution < -0.4 is 10.6 Å². The van der Waals surface area contributed by atoms with Gasteiger partial charge in [0.25, 0.3) is 0 Å². The summed E-state index contributed by atoms with van der Waals surface area (Å²) < 4.78 is 0.908. The van der Waals surface area contributed by atoms with E-state index in [9.17, 15) is 0 Å². The maximum Gasteiger partial charge on any atom is 0.222 e. The molecule has 0 bridgehead atoms. The number of hydrogen-bond donors (Lipinski definition) is 1. The molecule has 2 N–H and O–H groups in total. The molecular formula is C10H15BrN4. The van der Waals surface area contributed by atoms with E-state index in [1.165, 1.54) is 25.7 Å². The van der Waals surface area contributed by atoms with Crippen molar-refractivity contribution in [2.45, 2.75) is 31.7 Å². The van der Waals surface area contributed by atoms with Crippen molar-refractivity contribution in [2.24, 2.45) is 0 Å². The molecule has 0 radical (unpaired) electrons. The van der Waals surface area contributed by atoms with Crippen LogP contribution in [0.15, 0.2) is 10.7 Å². The minimum Gasteiger partial charge on any atom is -0.368 e. The van der Waals surface area contributed by atoms with E-state index < -0.39 is 0 Å². The van der Waals surface area contributed by atoms with Gasteiger partial charge in [-0.25, -0.2) is 4.98 Å². The fourth-order valence-electron chi connectivity index (χ4n) is 2.08. The van der Waals surface area contributed by atoms with E-state index >= 15 is 0 Å². The molecule has 5 heteroatoms. The Kier molecular flexibility index (Phi) is 3.09. The van der Waals surface area contributed by atoms with Gasteiger partial charge in [-0.1, -0.05) is 12.8 Å². The maximum absolute atomic E-state index is 5.59. The first-order valence-corrected chi connectivity index (χ1v) is 5.98. The molecule has 0 unspecified atom stereocenters. The van der Waals surface area contributed by atoms with Crippen LogP contribution in [0, 0.1) is 0 Å². The molecule has 1 aromatic rings. The second-order valence-corrected chi connectivity index (χ2v) is 4.80. The molecule has 15 heavy (non-hydrogen) atoms. The van der Waals surface area contributed by atoms with Crippen molar-refractivity contribution in [1.82, 2.24) is 9.97 Å². The van der Waals surface area contributed by atoms with Crippen molar-refractivity contribution in [3.8, 4) is 0 Å². The Bertz CT molecular complexity index is 349. The average molecular weight is 271 g/mol. The van der Waals surface area contributed by atoms with Crippen molar-refractivity contribution in [3.05, 3.63) is 10.7 Å². The standard InChI is InChI=1S/C10H15BrN4/c1-15(7-4-2-3-5-7)9-8(11)6-13-10(12)14-9/h6-7H,2-5H2,1H3,(H2,12,13,14). The van der Waals surface area contributed by atoms with E-state index in [2.05, 4.69) is 37.8 Å². The van der Waals surface area contributed by atoms with Crippen LogP contribution in [0.4, 0.5) is 11.8 Å². The molecule has 1 fully saturated rings. The largest absolute Gasteiger partial charge is 0.368 e. The summed E-state index contributed by atoms with van der Waals surface area (Å²) in [5.74, 6) is 1.23. The lowest BCUT2D eigenvalue weighted by atomic mass is 10.2. The van der Waals surface area contributed by atoms with Crippen LogP contribution in [0.3, 0.4) is 0 Å². The predicted molar refractivity (Wildman–Crippen MR) is 64.8 cm³/mol. The molecule has 0 atom stereocenters. The number of hydrogen-bond acceptors (Lipinski definition) is 4. The van der Waals surface area contributed by atoms with Gasteiger partial charge in [-0.05, 0) is 28.8 Å². The number of nitrogens with two attached hydrogens (primary N) is 1. The molecule has 4 nitrogen and oxygen atoms in total. The summed E-state index contributed by atoms with van der Waals surface area (Å²) in [7, 11) is 2.07.